The molecule has 3 fully saturated rings. The second kappa shape index (κ2) is 4.42. The van der Waals surface area contributed by atoms with E-state index in [1.54, 1.807) is 4.90 Å². The first-order valence-electron chi connectivity index (χ1n) is 8.54. The van der Waals surface area contributed by atoms with Crippen molar-refractivity contribution in [2.45, 2.75) is 70.6 Å². The molecule has 2 bridgehead atoms. The van der Waals surface area contributed by atoms with Crippen molar-refractivity contribution in [2.24, 2.45) is 5.92 Å². The molecule has 4 aliphatic rings. The Morgan fingerprint density at radius 1 is 1.30 bits per heavy atom. The monoisotopic (exact) mass is 319 g/mol. The molecule has 23 heavy (non-hydrogen) atoms. The summed E-state index contributed by atoms with van der Waals surface area (Å²) in [5.74, 6) is 0.818. The number of carbonyl (C=O) groups is 1. The number of nitrogens with zero attached hydrogens (tertiary/aromatic N) is 2. The molecule has 1 amide bonds. The first-order chi connectivity index (χ1) is 10.7. The van der Waals surface area contributed by atoms with Crippen LogP contribution in [0.25, 0.3) is 0 Å². The van der Waals surface area contributed by atoms with Crippen molar-refractivity contribution < 1.29 is 9.53 Å². The maximum Gasteiger partial charge on any atom is 0.410 e. The fraction of sp³-hybridized carbons (Fsp3) is 0.765. The molecule has 3 saturated carbocycles. The van der Waals surface area contributed by atoms with Crippen LogP contribution in [0.4, 0.5) is 4.79 Å². The Balaban J connectivity index is 1.62. The molecule has 5 rings (SSSR count). The minimum Gasteiger partial charge on any atom is -0.444 e. The molecule has 1 aromatic rings. The molecule has 126 valence electrons. The first kappa shape index (κ1) is 14.8. The number of aromatic nitrogens is 2. The van der Waals surface area contributed by atoms with Gasteiger partial charge in [0.25, 0.3) is 5.56 Å². The van der Waals surface area contributed by atoms with E-state index in [1.807, 2.05) is 32.4 Å². The predicted octanol–water partition coefficient (Wildman–Crippen LogP) is 2.54. The normalized spacial score (nSPS) is 31.9. The van der Waals surface area contributed by atoms with Gasteiger partial charge in [0, 0.05) is 12.1 Å². The molecule has 1 aliphatic heterocycles. The SMILES string of the molecule is CC1c2[nH]n(C34CC(C3)C4)c(=O)c2CCN1C(=O)OC(C)(C)C. The van der Waals surface area contributed by atoms with Gasteiger partial charge in [-0.25, -0.2) is 9.48 Å². The van der Waals surface area contributed by atoms with E-state index in [0.29, 0.717) is 13.0 Å². The first-order valence-corrected chi connectivity index (χ1v) is 8.54. The van der Waals surface area contributed by atoms with Crippen LogP contribution in [0.1, 0.15) is 64.3 Å². The highest BCUT2D eigenvalue weighted by atomic mass is 16.6. The van der Waals surface area contributed by atoms with Crippen molar-refractivity contribution >= 4 is 6.09 Å². The zero-order valence-corrected chi connectivity index (χ0v) is 14.3. The minimum absolute atomic E-state index is 0.0511. The van der Waals surface area contributed by atoms with Crippen LogP contribution in [0.3, 0.4) is 0 Å². The van der Waals surface area contributed by atoms with E-state index in [0.717, 1.165) is 36.4 Å². The molecular weight excluding hydrogens is 294 g/mol. The van der Waals surface area contributed by atoms with E-state index in [9.17, 15) is 9.59 Å². The molecule has 0 aromatic carbocycles. The highest BCUT2D eigenvalue weighted by Gasteiger charge is 2.59. The van der Waals surface area contributed by atoms with Gasteiger partial charge >= 0.3 is 6.09 Å². The largest absolute Gasteiger partial charge is 0.444 e. The van der Waals surface area contributed by atoms with E-state index < -0.39 is 5.60 Å². The Hall–Kier alpha value is -1.72. The quantitative estimate of drug-likeness (QED) is 0.865. The summed E-state index contributed by atoms with van der Waals surface area (Å²) >= 11 is 0. The molecule has 0 spiro atoms. The Morgan fingerprint density at radius 3 is 2.48 bits per heavy atom. The van der Waals surface area contributed by atoms with Crippen molar-refractivity contribution in [3.8, 4) is 0 Å². The van der Waals surface area contributed by atoms with Gasteiger partial charge in [0.2, 0.25) is 0 Å². The number of ether oxygens (including phenoxy) is 1. The van der Waals surface area contributed by atoms with Gasteiger partial charge in [0.05, 0.1) is 17.3 Å². The van der Waals surface area contributed by atoms with Gasteiger partial charge in [-0.05, 0) is 59.3 Å². The van der Waals surface area contributed by atoms with E-state index in [2.05, 4.69) is 5.10 Å². The second-order valence-corrected chi connectivity index (χ2v) is 8.45. The average molecular weight is 319 g/mol. The number of rotatable bonds is 1. The number of aromatic amines is 1. The van der Waals surface area contributed by atoms with Crippen molar-refractivity contribution in [1.82, 2.24) is 14.7 Å². The number of H-pyrrole nitrogens is 1. The number of amides is 1. The van der Waals surface area contributed by atoms with Crippen LogP contribution in [-0.2, 0) is 16.7 Å². The molecule has 1 N–H and O–H groups in total. The van der Waals surface area contributed by atoms with Crippen molar-refractivity contribution in [1.29, 1.82) is 0 Å². The van der Waals surface area contributed by atoms with Gasteiger partial charge in [-0.3, -0.25) is 14.8 Å². The third kappa shape index (κ3) is 2.07. The van der Waals surface area contributed by atoms with Gasteiger partial charge in [-0.2, -0.15) is 0 Å². The number of hydrogen-bond acceptors (Lipinski definition) is 3. The highest BCUT2D eigenvalue weighted by Crippen LogP contribution is 2.61. The Morgan fingerprint density at radius 2 is 1.96 bits per heavy atom. The lowest BCUT2D eigenvalue weighted by Crippen LogP contribution is -2.62. The lowest BCUT2D eigenvalue weighted by Gasteiger charge is -2.61. The lowest BCUT2D eigenvalue weighted by molar-refractivity contribution is -0.100. The summed E-state index contributed by atoms with van der Waals surface area (Å²) in [4.78, 5) is 26.8. The molecule has 1 aromatic heterocycles. The molecule has 3 aliphatic carbocycles. The Kier molecular flexibility index (Phi) is 2.86. The van der Waals surface area contributed by atoms with Crippen LogP contribution < -0.4 is 5.56 Å². The fourth-order valence-corrected chi connectivity index (χ4v) is 4.27. The van der Waals surface area contributed by atoms with Gasteiger partial charge in [0.1, 0.15) is 5.60 Å². The van der Waals surface area contributed by atoms with Gasteiger partial charge in [0.15, 0.2) is 0 Å². The fourth-order valence-electron chi connectivity index (χ4n) is 4.27. The molecule has 0 saturated heterocycles. The molecule has 0 radical (unpaired) electrons. The summed E-state index contributed by atoms with van der Waals surface area (Å²) < 4.78 is 7.35. The summed E-state index contributed by atoms with van der Waals surface area (Å²) in [6.07, 6.45) is 3.65. The predicted molar refractivity (Wildman–Crippen MR) is 85.4 cm³/mol. The smallest absolute Gasteiger partial charge is 0.410 e. The summed E-state index contributed by atoms with van der Waals surface area (Å²) in [5.41, 5.74) is 1.39. The number of carbonyl (C=O) groups excluding carboxylic acids is 1. The third-order valence-electron chi connectivity index (χ3n) is 5.61. The second-order valence-electron chi connectivity index (χ2n) is 8.45. The van der Waals surface area contributed by atoms with Gasteiger partial charge in [-0.1, -0.05) is 0 Å². The molecule has 1 unspecified atom stereocenters. The van der Waals surface area contributed by atoms with Crippen LogP contribution in [0.5, 0.6) is 0 Å². The van der Waals surface area contributed by atoms with Crippen LogP contribution in [0.15, 0.2) is 4.79 Å². The molecule has 1 atom stereocenters. The Labute approximate surface area is 135 Å². The maximum absolute atomic E-state index is 12.7. The molecule has 6 heteroatoms. The summed E-state index contributed by atoms with van der Waals surface area (Å²) in [7, 11) is 0. The van der Waals surface area contributed by atoms with E-state index in [-0.39, 0.29) is 23.2 Å². The average Bonchev–Trinajstić information content (AvgIpc) is 2.63. The van der Waals surface area contributed by atoms with E-state index >= 15 is 0 Å². The molecular formula is C17H25N3O3. The van der Waals surface area contributed by atoms with Crippen LogP contribution in [0, 0.1) is 5.92 Å². The zero-order chi connectivity index (χ0) is 16.6. The van der Waals surface area contributed by atoms with Crippen LogP contribution >= 0.6 is 0 Å². The topological polar surface area (TPSA) is 67.3 Å². The van der Waals surface area contributed by atoms with Gasteiger partial charge in [-0.15, -0.1) is 0 Å². The molecule has 2 heterocycles. The summed E-state index contributed by atoms with van der Waals surface area (Å²) in [6.45, 7) is 8.10. The summed E-state index contributed by atoms with van der Waals surface area (Å²) in [6, 6.07) is -0.158. The number of nitrogens with one attached hydrogen (secondary N) is 1. The third-order valence-corrected chi connectivity index (χ3v) is 5.61. The summed E-state index contributed by atoms with van der Waals surface area (Å²) in [5, 5.41) is 3.33. The van der Waals surface area contributed by atoms with Crippen molar-refractivity contribution in [2.75, 3.05) is 6.54 Å². The van der Waals surface area contributed by atoms with Crippen molar-refractivity contribution in [3.63, 3.8) is 0 Å². The lowest BCUT2D eigenvalue weighted by atomic mass is 9.50. The number of fused-ring (bicyclic) bond motifs is 1. The van der Waals surface area contributed by atoms with Crippen molar-refractivity contribution in [3.05, 3.63) is 21.6 Å². The zero-order valence-electron chi connectivity index (χ0n) is 14.3. The van der Waals surface area contributed by atoms with E-state index in [1.165, 1.54) is 0 Å². The van der Waals surface area contributed by atoms with Crippen LogP contribution in [0.2, 0.25) is 0 Å². The minimum atomic E-state index is -0.512. The highest BCUT2D eigenvalue weighted by molar-refractivity contribution is 5.69. The Bertz CT molecular complexity index is 707. The van der Waals surface area contributed by atoms with Crippen LogP contribution in [-0.4, -0.2) is 32.9 Å². The van der Waals surface area contributed by atoms with Gasteiger partial charge < -0.3 is 4.74 Å². The maximum atomic E-state index is 12.7. The standard InChI is InChI=1S/C17H25N3O3/c1-10-13-12(5-6-19(10)15(22)23-16(2,3)4)14(21)20(18-13)17-7-11(8-17)9-17/h10-11,18H,5-9H2,1-4H3. The van der Waals surface area contributed by atoms with E-state index in [4.69, 9.17) is 4.74 Å². The molecule has 6 nitrogen and oxygen atoms in total. The number of hydrogen-bond donors (Lipinski definition) is 1.